The average Bonchev–Trinajstić information content (AvgIpc) is 3.24. The third-order valence-electron chi connectivity index (χ3n) is 9.86. The van der Waals surface area contributed by atoms with Crippen LogP contribution in [0.1, 0.15) is 88.8 Å². The lowest BCUT2D eigenvalue weighted by molar-refractivity contribution is -0.141. The van der Waals surface area contributed by atoms with Gasteiger partial charge in [0.1, 0.15) is 34.8 Å². The molecule has 17 heteroatoms. The maximum Gasteiger partial charge on any atom is 0.514 e. The molecule has 67 heavy (non-hydrogen) atoms. The highest BCUT2D eigenvalue weighted by Crippen LogP contribution is 2.40. The number of carboxylic acid groups (broad SMARTS) is 1. The highest BCUT2D eigenvalue weighted by Gasteiger charge is 2.31. The molecule has 2 unspecified atom stereocenters. The highest BCUT2D eigenvalue weighted by atomic mass is 35.5. The first-order valence-electron chi connectivity index (χ1n) is 21.6. The number of carbonyl (C=O) groups is 6. The number of hydrogen-bond donors (Lipinski definition) is 6. The second-order valence-corrected chi connectivity index (χ2v) is 18.1. The number of unbranched alkanes of at least 4 members (excludes halogenated alkanes) is 1. The van der Waals surface area contributed by atoms with Crippen LogP contribution in [0.5, 0.6) is 11.5 Å². The monoisotopic (exact) mass is 941 g/mol. The Hall–Kier alpha value is -7.07. The molecular formula is C50H60ClN5O11. The predicted octanol–water partition coefficient (Wildman–Crippen LogP) is 8.16. The van der Waals surface area contributed by atoms with Crippen molar-refractivity contribution in [2.45, 2.75) is 91.0 Å². The molecule has 0 radical (unpaired) electrons. The largest absolute Gasteiger partial charge is 0.514 e. The van der Waals surface area contributed by atoms with E-state index >= 15 is 0 Å². The number of likely N-dealkylation sites (N-methyl/N-ethyl adjacent to an activating group) is 1. The molecule has 4 bridgehead atoms. The summed E-state index contributed by atoms with van der Waals surface area (Å²) in [5.41, 5.74) is 2.36. The molecule has 4 amide bonds. The van der Waals surface area contributed by atoms with Gasteiger partial charge in [0.2, 0.25) is 11.8 Å². The van der Waals surface area contributed by atoms with Gasteiger partial charge in [0.15, 0.2) is 0 Å². The molecule has 0 saturated carbocycles. The topological polar surface area (TPSA) is 222 Å². The van der Waals surface area contributed by atoms with Crippen LogP contribution >= 0.6 is 11.6 Å². The number of aromatic hydroxyl groups is 1. The number of aliphatic carboxylic acids is 1. The van der Waals surface area contributed by atoms with E-state index in [1.165, 1.54) is 41.3 Å². The van der Waals surface area contributed by atoms with Crippen molar-refractivity contribution in [1.82, 2.24) is 26.2 Å². The number of carbonyl (C=O) groups excluding carboxylic acids is 5. The van der Waals surface area contributed by atoms with E-state index in [-0.39, 0.29) is 41.7 Å². The zero-order valence-corrected chi connectivity index (χ0v) is 39.8. The second-order valence-electron chi connectivity index (χ2n) is 17.7. The third kappa shape index (κ3) is 16.4. The lowest BCUT2D eigenvalue weighted by Crippen LogP contribution is -2.48. The van der Waals surface area contributed by atoms with Crippen molar-refractivity contribution in [3.63, 3.8) is 0 Å². The van der Waals surface area contributed by atoms with Crippen LogP contribution < -0.4 is 26.0 Å². The molecule has 4 aromatic rings. The summed E-state index contributed by atoms with van der Waals surface area (Å²) in [6.07, 6.45) is 0.578. The SMILES string of the molecule is C=C(CNC(=O)c1ccc(-c2ccc(Cl)cc2)cc1)N(C)C1C(=O)NCC(=O)NC(C(=O)O)Cc2ccc(O)c(c2)-c2cc1ccc2OC(=O)OC(C)(C)C.CCCCNC(=O)OC(C)(C)C. The molecule has 5 rings (SSSR count). The summed E-state index contributed by atoms with van der Waals surface area (Å²) in [7, 11) is 1.58. The van der Waals surface area contributed by atoms with Crippen molar-refractivity contribution >= 4 is 47.5 Å². The molecule has 1 heterocycles. The second kappa shape index (κ2) is 23.4. The van der Waals surface area contributed by atoms with E-state index in [2.05, 4.69) is 34.8 Å². The summed E-state index contributed by atoms with van der Waals surface area (Å²) in [5.74, 6) is -3.37. The molecule has 0 aliphatic carbocycles. The van der Waals surface area contributed by atoms with Gasteiger partial charge >= 0.3 is 18.2 Å². The van der Waals surface area contributed by atoms with E-state index < -0.39 is 59.7 Å². The minimum Gasteiger partial charge on any atom is -0.507 e. The maximum absolute atomic E-state index is 13.9. The lowest BCUT2D eigenvalue weighted by Gasteiger charge is -2.32. The standard InChI is InChI=1S/C41H41ClN4O9.C9H19NO2/c1-23(21-43-37(49)27-9-7-25(8-10-27)26-11-14-29(42)15-12-26)46(5)36-28-13-17-34(54-40(53)55-41(2,3)4)31(20-28)30-18-24(6-16-33(30)47)19-32(39(51)52)45-35(48)22-44-38(36)50;1-5-6-7-10-8(11)12-9(2,3)4/h6-18,20,32,36,47H,1,19,21-22H2,2-5H3,(H,43,49)(H,44,50)(H,45,48)(H,51,52);5-7H2,1-4H3,(H,10,11). The van der Waals surface area contributed by atoms with Crippen LogP contribution in [-0.2, 0) is 30.3 Å². The number of nitrogens with zero attached hydrogens (tertiary/aromatic N) is 1. The van der Waals surface area contributed by atoms with Gasteiger partial charge in [-0.25, -0.2) is 14.4 Å². The molecule has 0 saturated heterocycles. The molecule has 4 aromatic carbocycles. The van der Waals surface area contributed by atoms with Gasteiger partial charge in [-0.05, 0) is 119 Å². The predicted molar refractivity (Wildman–Crippen MR) is 255 cm³/mol. The fourth-order valence-corrected chi connectivity index (χ4v) is 6.66. The Balaban J connectivity index is 0.000000716. The summed E-state index contributed by atoms with van der Waals surface area (Å²) in [5, 5.41) is 32.0. The number of ether oxygens (including phenoxy) is 3. The van der Waals surface area contributed by atoms with E-state index in [9.17, 15) is 39.0 Å². The summed E-state index contributed by atoms with van der Waals surface area (Å²) in [6.45, 7) is 16.8. The van der Waals surface area contributed by atoms with Gasteiger partial charge in [0.25, 0.3) is 5.91 Å². The zero-order chi connectivity index (χ0) is 49.6. The van der Waals surface area contributed by atoms with Gasteiger partial charge in [-0.2, -0.15) is 0 Å². The number of fused-ring (bicyclic) bond motifs is 5. The number of carboxylic acids is 1. The van der Waals surface area contributed by atoms with Crippen molar-refractivity contribution in [3.8, 4) is 33.8 Å². The minimum absolute atomic E-state index is 0.0180. The Kier molecular flexibility index (Phi) is 18.4. The number of benzene rings is 4. The van der Waals surface area contributed by atoms with Crippen LogP contribution in [0.2, 0.25) is 5.02 Å². The number of alkyl carbamates (subject to hydrolysis) is 1. The van der Waals surface area contributed by atoms with E-state index in [0.717, 1.165) is 24.0 Å². The van der Waals surface area contributed by atoms with Gasteiger partial charge in [-0.3, -0.25) is 14.4 Å². The molecule has 1 aliphatic rings. The molecule has 0 fully saturated rings. The van der Waals surface area contributed by atoms with Crippen LogP contribution in [0.15, 0.2) is 97.2 Å². The summed E-state index contributed by atoms with van der Waals surface area (Å²) in [4.78, 5) is 77.5. The Morgan fingerprint density at radius 3 is 2.07 bits per heavy atom. The van der Waals surface area contributed by atoms with Crippen LogP contribution in [0, 0.1) is 0 Å². The van der Waals surface area contributed by atoms with Crippen LogP contribution in [-0.4, -0.2) is 95.0 Å². The Morgan fingerprint density at radius 2 is 1.48 bits per heavy atom. The molecule has 6 N–H and O–H groups in total. The number of phenolic OH excluding ortho intramolecular Hbond substituents is 1. The van der Waals surface area contributed by atoms with Crippen LogP contribution in [0.4, 0.5) is 9.59 Å². The summed E-state index contributed by atoms with van der Waals surface area (Å²) < 4.78 is 16.0. The number of halogens is 1. The quantitative estimate of drug-likeness (QED) is 0.0476. The molecule has 358 valence electrons. The third-order valence-corrected chi connectivity index (χ3v) is 10.1. The fourth-order valence-electron chi connectivity index (χ4n) is 6.53. The minimum atomic E-state index is -1.37. The smallest absolute Gasteiger partial charge is 0.507 e. The first-order chi connectivity index (χ1) is 31.4. The van der Waals surface area contributed by atoms with Crippen molar-refractivity contribution in [1.29, 1.82) is 0 Å². The number of phenols is 1. The van der Waals surface area contributed by atoms with Gasteiger partial charge in [-0.15, -0.1) is 0 Å². The summed E-state index contributed by atoms with van der Waals surface area (Å²) in [6, 6.07) is 20.6. The Labute approximate surface area is 396 Å². The summed E-state index contributed by atoms with van der Waals surface area (Å²) >= 11 is 6.00. The first kappa shape index (κ1) is 52.6. The number of amides is 4. The number of rotatable bonds is 11. The van der Waals surface area contributed by atoms with Crippen molar-refractivity contribution in [3.05, 3.63) is 119 Å². The van der Waals surface area contributed by atoms with Crippen molar-refractivity contribution in [2.24, 2.45) is 0 Å². The maximum atomic E-state index is 13.9. The van der Waals surface area contributed by atoms with Gasteiger partial charge < -0.3 is 50.6 Å². The highest BCUT2D eigenvalue weighted by molar-refractivity contribution is 6.30. The van der Waals surface area contributed by atoms with E-state index in [1.807, 2.05) is 45.0 Å². The Morgan fingerprint density at radius 1 is 0.851 bits per heavy atom. The molecule has 0 aromatic heterocycles. The molecule has 1 aliphatic heterocycles. The first-order valence-corrected chi connectivity index (χ1v) is 22.0. The molecule has 0 spiro atoms. The van der Waals surface area contributed by atoms with E-state index in [4.69, 9.17) is 25.8 Å². The number of nitrogens with one attached hydrogen (secondary N) is 4. The van der Waals surface area contributed by atoms with E-state index in [0.29, 0.717) is 34.0 Å². The molecule has 2 atom stereocenters. The van der Waals surface area contributed by atoms with Gasteiger partial charge in [-0.1, -0.05) is 67.9 Å². The fraction of sp³-hybridized carbons (Fsp3) is 0.360. The average molecular weight is 943 g/mol. The lowest BCUT2D eigenvalue weighted by atomic mass is 9.94. The van der Waals surface area contributed by atoms with Crippen molar-refractivity contribution < 1.29 is 53.2 Å². The van der Waals surface area contributed by atoms with Gasteiger partial charge in [0.05, 0.1) is 13.1 Å². The Bertz CT molecular complexity index is 2430. The van der Waals surface area contributed by atoms with Crippen molar-refractivity contribution in [2.75, 3.05) is 26.7 Å². The molecule has 16 nitrogen and oxygen atoms in total. The normalized spacial score (nSPS) is 14.9. The zero-order valence-electron chi connectivity index (χ0n) is 39.1. The van der Waals surface area contributed by atoms with Crippen LogP contribution in [0.25, 0.3) is 22.3 Å². The van der Waals surface area contributed by atoms with E-state index in [1.54, 1.807) is 52.1 Å². The molecular weight excluding hydrogens is 882 g/mol. The van der Waals surface area contributed by atoms with Crippen LogP contribution in [0.3, 0.4) is 0 Å². The number of hydrogen-bond acceptors (Lipinski definition) is 11. The van der Waals surface area contributed by atoms with Gasteiger partial charge in [0, 0.05) is 47.4 Å².